The van der Waals surface area contributed by atoms with Gasteiger partial charge in [-0.1, -0.05) is 30.3 Å². The number of ether oxygens (including phenoxy) is 3. The minimum atomic E-state index is -0.763. The summed E-state index contributed by atoms with van der Waals surface area (Å²) in [4.78, 5) is 23.8. The smallest absolute Gasteiger partial charge is 0.314 e. The zero-order valence-corrected chi connectivity index (χ0v) is 24.3. The lowest BCUT2D eigenvalue weighted by Gasteiger charge is -2.30. The normalized spacial score (nSPS) is 14.2. The van der Waals surface area contributed by atoms with Crippen LogP contribution in [0.15, 0.2) is 42.5 Å². The molecular weight excluding hydrogens is 508 g/mol. The van der Waals surface area contributed by atoms with E-state index in [-0.39, 0.29) is 18.6 Å². The van der Waals surface area contributed by atoms with Gasteiger partial charge in [0.15, 0.2) is 0 Å². The predicted octanol–water partition coefficient (Wildman–Crippen LogP) is 4.49. The van der Waals surface area contributed by atoms with E-state index in [2.05, 4.69) is 49.5 Å². The third-order valence-electron chi connectivity index (χ3n) is 6.99. The van der Waals surface area contributed by atoms with Crippen molar-refractivity contribution in [2.45, 2.75) is 78.4 Å². The maximum absolute atomic E-state index is 12.1. The molecule has 2 N–H and O–H groups in total. The fourth-order valence-electron chi connectivity index (χ4n) is 4.84. The molecule has 3 rings (SSSR count). The Morgan fingerprint density at radius 2 is 1.75 bits per heavy atom. The van der Waals surface area contributed by atoms with E-state index in [1.165, 1.54) is 11.1 Å². The first-order chi connectivity index (χ1) is 18.9. The Morgan fingerprint density at radius 3 is 2.38 bits per heavy atom. The molecular formula is C32H42N2O6. The molecule has 0 aliphatic heterocycles. The minimum absolute atomic E-state index is 0.0251. The number of nitrogens with zero attached hydrogens (tertiary/aromatic N) is 1. The Kier molecular flexibility index (Phi) is 10.7. The first kappa shape index (κ1) is 31.1. The summed E-state index contributed by atoms with van der Waals surface area (Å²) in [5.41, 5.74) is 3.18. The molecule has 1 aliphatic carbocycles. The summed E-state index contributed by atoms with van der Waals surface area (Å²) in [6, 6.07) is 15.8. The average molecular weight is 551 g/mol. The highest BCUT2D eigenvalue weighted by Crippen LogP contribution is 2.32. The van der Waals surface area contributed by atoms with Crippen LogP contribution < -0.4 is 10.1 Å². The summed E-state index contributed by atoms with van der Waals surface area (Å²) in [5.74, 6) is -0.0198. The van der Waals surface area contributed by atoms with Gasteiger partial charge in [0.25, 0.3) is 0 Å². The second-order valence-electron chi connectivity index (χ2n) is 12.2. The average Bonchev–Trinajstić information content (AvgIpc) is 3.30. The molecule has 8 heteroatoms. The molecule has 216 valence electrons. The van der Waals surface area contributed by atoms with Crippen LogP contribution in [0.3, 0.4) is 0 Å². The zero-order valence-electron chi connectivity index (χ0n) is 24.3. The zero-order chi connectivity index (χ0) is 29.3. The van der Waals surface area contributed by atoms with Gasteiger partial charge in [0, 0.05) is 18.5 Å². The number of fused-ring (bicyclic) bond motifs is 1. The van der Waals surface area contributed by atoms with Gasteiger partial charge in [0.1, 0.15) is 24.5 Å². The summed E-state index contributed by atoms with van der Waals surface area (Å²) in [6.07, 6.45) is 2.84. The SMILES string of the molecule is CC(C)(CC1Cc2ccccc2C1)NCC(O)COc1cc(CCC(=O)OCOC(=O)C(C)(C)C)ccc1C#N. The quantitative estimate of drug-likeness (QED) is 0.277. The monoisotopic (exact) mass is 550 g/mol. The first-order valence-corrected chi connectivity index (χ1v) is 13.8. The van der Waals surface area contributed by atoms with Crippen molar-refractivity contribution in [3.63, 3.8) is 0 Å². The van der Waals surface area contributed by atoms with Crippen molar-refractivity contribution in [3.05, 3.63) is 64.7 Å². The summed E-state index contributed by atoms with van der Waals surface area (Å²) in [6.45, 7) is 9.42. The van der Waals surface area contributed by atoms with Crippen molar-refractivity contribution in [1.82, 2.24) is 5.32 Å². The van der Waals surface area contributed by atoms with Crippen LogP contribution in [0.25, 0.3) is 0 Å². The molecule has 0 heterocycles. The Morgan fingerprint density at radius 1 is 1.07 bits per heavy atom. The molecule has 0 saturated carbocycles. The molecule has 0 saturated heterocycles. The molecule has 0 radical (unpaired) electrons. The molecule has 1 aliphatic rings. The number of carbonyl (C=O) groups is 2. The number of carbonyl (C=O) groups excluding carboxylic acids is 2. The van der Waals surface area contributed by atoms with Crippen LogP contribution >= 0.6 is 0 Å². The molecule has 40 heavy (non-hydrogen) atoms. The van der Waals surface area contributed by atoms with E-state index in [9.17, 15) is 20.0 Å². The van der Waals surface area contributed by atoms with Gasteiger partial charge < -0.3 is 24.6 Å². The van der Waals surface area contributed by atoms with Crippen molar-refractivity contribution >= 4 is 11.9 Å². The molecule has 1 unspecified atom stereocenters. The number of aryl methyl sites for hydroxylation is 1. The molecule has 1 atom stereocenters. The first-order valence-electron chi connectivity index (χ1n) is 13.8. The summed E-state index contributed by atoms with van der Waals surface area (Å²) in [5, 5.41) is 23.5. The van der Waals surface area contributed by atoms with Gasteiger partial charge in [0.2, 0.25) is 6.79 Å². The second kappa shape index (κ2) is 13.8. The lowest BCUT2D eigenvalue weighted by Crippen LogP contribution is -2.46. The number of nitriles is 1. The Balaban J connectivity index is 1.42. The number of rotatable bonds is 13. The van der Waals surface area contributed by atoms with Crippen molar-refractivity contribution in [3.8, 4) is 11.8 Å². The van der Waals surface area contributed by atoms with E-state index >= 15 is 0 Å². The molecule has 0 fully saturated rings. The van der Waals surface area contributed by atoms with Crippen molar-refractivity contribution in [1.29, 1.82) is 5.26 Å². The molecule has 0 aromatic heterocycles. The standard InChI is InChI=1S/C32H42N2O6/c1-31(2,3)30(37)40-21-39-29(36)13-11-22-10-12-26(18-33)28(16-22)38-20-27(35)19-34-32(4,5)17-23-14-24-8-6-7-9-25(24)15-23/h6-10,12,16,23,27,34-35H,11,13-15,17,19-21H2,1-5H3. The lowest BCUT2D eigenvalue weighted by molar-refractivity contribution is -0.173. The topological polar surface area (TPSA) is 118 Å². The highest BCUT2D eigenvalue weighted by atomic mass is 16.7. The van der Waals surface area contributed by atoms with Crippen LogP contribution in [0.2, 0.25) is 0 Å². The van der Waals surface area contributed by atoms with Gasteiger partial charge in [-0.25, -0.2) is 0 Å². The number of β-amino-alcohol motifs (C(OH)–C–C–N with tert-alkyl or cyclic N) is 1. The predicted molar refractivity (Wildman–Crippen MR) is 152 cm³/mol. The summed E-state index contributed by atoms with van der Waals surface area (Å²) < 4.78 is 15.8. The lowest BCUT2D eigenvalue weighted by atomic mass is 9.88. The van der Waals surface area contributed by atoms with Crippen LogP contribution in [0.1, 0.15) is 69.7 Å². The molecule has 2 aromatic rings. The van der Waals surface area contributed by atoms with Gasteiger partial charge in [-0.3, -0.25) is 9.59 Å². The third kappa shape index (κ3) is 9.65. The Labute approximate surface area is 237 Å². The molecule has 2 aromatic carbocycles. The number of aliphatic hydroxyl groups excluding tert-OH is 1. The van der Waals surface area contributed by atoms with E-state index in [4.69, 9.17) is 14.2 Å². The largest absolute Gasteiger partial charge is 0.489 e. The van der Waals surface area contributed by atoms with Crippen molar-refractivity contribution in [2.75, 3.05) is 19.9 Å². The summed E-state index contributed by atoms with van der Waals surface area (Å²) >= 11 is 0. The number of aliphatic hydroxyl groups is 1. The van der Waals surface area contributed by atoms with Gasteiger partial charge in [-0.2, -0.15) is 5.26 Å². The van der Waals surface area contributed by atoms with E-state index in [1.807, 2.05) is 0 Å². The number of nitrogens with one attached hydrogen (secondary N) is 1. The Bertz CT molecular complexity index is 1190. The summed E-state index contributed by atoms with van der Waals surface area (Å²) in [7, 11) is 0. The molecule has 0 bridgehead atoms. The van der Waals surface area contributed by atoms with Crippen LogP contribution in [0.4, 0.5) is 0 Å². The van der Waals surface area contributed by atoms with Crippen LogP contribution in [-0.2, 0) is 38.3 Å². The van der Waals surface area contributed by atoms with Gasteiger partial charge in [0.05, 0.1) is 11.0 Å². The number of hydrogen-bond donors (Lipinski definition) is 2. The maximum Gasteiger partial charge on any atom is 0.314 e. The van der Waals surface area contributed by atoms with E-state index in [0.717, 1.165) is 24.8 Å². The number of esters is 2. The van der Waals surface area contributed by atoms with Gasteiger partial charge in [-0.15, -0.1) is 0 Å². The molecule has 8 nitrogen and oxygen atoms in total. The molecule has 0 spiro atoms. The van der Waals surface area contributed by atoms with Crippen LogP contribution in [0.5, 0.6) is 5.75 Å². The Hall–Kier alpha value is -3.41. The van der Waals surface area contributed by atoms with Gasteiger partial charge in [-0.05, 0) is 95.0 Å². The van der Waals surface area contributed by atoms with Crippen molar-refractivity contribution in [2.24, 2.45) is 11.3 Å². The number of hydrogen-bond acceptors (Lipinski definition) is 8. The maximum atomic E-state index is 12.1. The second-order valence-corrected chi connectivity index (χ2v) is 12.2. The molecule has 0 amide bonds. The fraction of sp³-hybridized carbons (Fsp3) is 0.531. The van der Waals surface area contributed by atoms with E-state index in [1.54, 1.807) is 39.0 Å². The van der Waals surface area contributed by atoms with E-state index < -0.39 is 30.3 Å². The minimum Gasteiger partial charge on any atom is -0.489 e. The highest BCUT2D eigenvalue weighted by Gasteiger charge is 2.28. The number of benzene rings is 2. The van der Waals surface area contributed by atoms with E-state index in [0.29, 0.717) is 30.2 Å². The van der Waals surface area contributed by atoms with Crippen LogP contribution in [-0.4, -0.2) is 48.6 Å². The van der Waals surface area contributed by atoms with Crippen LogP contribution in [0, 0.1) is 22.7 Å². The third-order valence-corrected chi connectivity index (χ3v) is 6.99. The fourth-order valence-corrected chi connectivity index (χ4v) is 4.84. The van der Waals surface area contributed by atoms with Gasteiger partial charge >= 0.3 is 11.9 Å². The highest BCUT2D eigenvalue weighted by molar-refractivity contribution is 5.75. The van der Waals surface area contributed by atoms with Crippen molar-refractivity contribution < 1.29 is 28.9 Å².